The fraction of sp³-hybridized carbons (Fsp3) is 0.514. The van der Waals surface area contributed by atoms with Crippen LogP contribution in [0.15, 0.2) is 115 Å². The molecular weight excluding hydrogens is 1020 g/mol. The number of unbranched alkanes of at least 4 members (excludes halogenated alkanes) is 30. The summed E-state index contributed by atoms with van der Waals surface area (Å²) in [7, 11) is 0. The third kappa shape index (κ3) is 27.7. The van der Waals surface area contributed by atoms with Gasteiger partial charge >= 0.3 is 23.9 Å². The van der Waals surface area contributed by atoms with E-state index in [-0.39, 0.29) is 39.5 Å². The molecule has 0 aliphatic heterocycles. The van der Waals surface area contributed by atoms with Crippen molar-refractivity contribution in [3.05, 3.63) is 143 Å². The minimum atomic E-state index is -0.896. The maximum atomic E-state index is 15.0. The number of carbonyl (C=O) groups excluding carboxylic acids is 4. The summed E-state index contributed by atoms with van der Waals surface area (Å²) < 4.78 is 48.7. The van der Waals surface area contributed by atoms with Crippen LogP contribution in [-0.2, 0) is 0 Å². The van der Waals surface area contributed by atoms with E-state index in [9.17, 15) is 19.2 Å². The van der Waals surface area contributed by atoms with Gasteiger partial charge in [-0.15, -0.1) is 0 Å². The van der Waals surface area contributed by atoms with E-state index in [1.54, 1.807) is 36.4 Å². The second kappa shape index (κ2) is 40.6. The summed E-state index contributed by atoms with van der Waals surface area (Å²) in [4.78, 5) is 52.0. The van der Waals surface area contributed by atoms with E-state index in [1.165, 1.54) is 252 Å². The molecule has 0 heterocycles. The van der Waals surface area contributed by atoms with Gasteiger partial charge in [-0.25, -0.2) is 23.6 Å². The minimum absolute atomic E-state index is 0.0889. The number of hydrogen-bond donors (Lipinski definition) is 0. The highest BCUT2D eigenvalue weighted by Gasteiger charge is 2.18. The standard InChI is InChI=1S/C70H93FO10/c1-3-5-7-9-11-13-15-17-19-21-23-25-27-29-31-33-52-76-59-46-48-62(49-47-59)78-67(72)56-38-42-60(43-39-56)79-69(74)58-36-35-37-64(54-58)81-68(73)57-40-44-61(45-41-57)80-70(75)65-51-50-63(55-66(65)71)77-53-34-32-30-28-26-24-22-20-18-16-14-12-10-8-6-4-2/h35-51,54-55H,3-34,52-53H2,1-2H3. The van der Waals surface area contributed by atoms with Crippen LogP contribution in [0.2, 0.25) is 0 Å². The molecule has 5 aromatic carbocycles. The summed E-state index contributed by atoms with van der Waals surface area (Å²) >= 11 is 0. The normalized spacial score (nSPS) is 11.0. The molecule has 0 N–H and O–H groups in total. The maximum Gasteiger partial charge on any atom is 0.346 e. The number of esters is 4. The monoisotopic (exact) mass is 1110 g/mol. The highest BCUT2D eigenvalue weighted by molar-refractivity contribution is 5.95. The van der Waals surface area contributed by atoms with Gasteiger partial charge in [-0.3, -0.25) is 0 Å². The molecule has 0 saturated heterocycles. The molecule has 0 aliphatic rings. The molecule has 0 saturated carbocycles. The lowest BCUT2D eigenvalue weighted by atomic mass is 10.0. The lowest BCUT2D eigenvalue weighted by Gasteiger charge is -2.10. The first-order chi connectivity index (χ1) is 39.7. The molecule has 0 unspecified atom stereocenters. The van der Waals surface area contributed by atoms with Gasteiger partial charge in [0, 0.05) is 6.07 Å². The molecule has 0 spiro atoms. The van der Waals surface area contributed by atoms with Gasteiger partial charge in [0.25, 0.3) is 0 Å². The van der Waals surface area contributed by atoms with Gasteiger partial charge in [-0.05, 0) is 116 Å². The summed E-state index contributed by atoms with van der Waals surface area (Å²) in [5.41, 5.74) is 0.270. The van der Waals surface area contributed by atoms with Crippen LogP contribution in [0.25, 0.3) is 0 Å². The molecule has 0 radical (unpaired) electrons. The molecule has 10 nitrogen and oxygen atoms in total. The predicted octanol–water partition coefficient (Wildman–Crippen LogP) is 20.0. The van der Waals surface area contributed by atoms with Gasteiger partial charge < -0.3 is 28.4 Å². The first-order valence-corrected chi connectivity index (χ1v) is 31.1. The van der Waals surface area contributed by atoms with Crippen molar-refractivity contribution in [2.75, 3.05) is 13.2 Å². The number of hydrogen-bond acceptors (Lipinski definition) is 10. The van der Waals surface area contributed by atoms with E-state index in [0.717, 1.165) is 37.9 Å². The fourth-order valence-electron chi connectivity index (χ4n) is 9.70. The van der Waals surface area contributed by atoms with E-state index in [0.29, 0.717) is 24.7 Å². The first kappa shape index (κ1) is 65.3. The molecule has 81 heavy (non-hydrogen) atoms. The van der Waals surface area contributed by atoms with Crippen LogP contribution < -0.4 is 28.4 Å². The van der Waals surface area contributed by atoms with Crippen LogP contribution in [0, 0.1) is 5.82 Å². The topological polar surface area (TPSA) is 124 Å². The number of ether oxygens (including phenoxy) is 6. The smallest absolute Gasteiger partial charge is 0.346 e. The molecule has 0 fully saturated rings. The van der Waals surface area contributed by atoms with E-state index < -0.39 is 29.7 Å². The van der Waals surface area contributed by atoms with Gasteiger partial charge in [0.15, 0.2) is 0 Å². The lowest BCUT2D eigenvalue weighted by Crippen LogP contribution is -2.12. The predicted molar refractivity (Wildman–Crippen MR) is 322 cm³/mol. The molecule has 5 rings (SSSR count). The Bertz CT molecular complexity index is 2520. The summed E-state index contributed by atoms with van der Waals surface area (Å²) in [6.45, 7) is 5.65. The Morgan fingerprint density at radius 3 is 1.00 bits per heavy atom. The molecular formula is C70H93FO10. The third-order valence-corrected chi connectivity index (χ3v) is 14.6. The van der Waals surface area contributed by atoms with Crippen molar-refractivity contribution in [3.8, 4) is 34.5 Å². The largest absolute Gasteiger partial charge is 0.494 e. The van der Waals surface area contributed by atoms with Crippen LogP contribution in [0.3, 0.4) is 0 Å². The second-order valence-corrected chi connectivity index (χ2v) is 21.6. The van der Waals surface area contributed by atoms with Gasteiger partial charge in [-0.1, -0.05) is 213 Å². The van der Waals surface area contributed by atoms with E-state index in [2.05, 4.69) is 13.8 Å². The van der Waals surface area contributed by atoms with Crippen LogP contribution in [-0.4, -0.2) is 37.1 Å². The maximum absolute atomic E-state index is 15.0. The SMILES string of the molecule is CCCCCCCCCCCCCCCCCCOc1ccc(OC(=O)c2ccc(OC(=O)c3cccc(OC(=O)c4ccc(OC(=O)c5ccc(OCCCCCCCCCCCCCCCCCC)cc5F)cc4)c3)cc2)cc1. The number of benzene rings is 5. The van der Waals surface area contributed by atoms with Crippen LogP contribution in [0.1, 0.15) is 261 Å². The van der Waals surface area contributed by atoms with Crippen LogP contribution in [0.5, 0.6) is 34.5 Å². The highest BCUT2D eigenvalue weighted by Crippen LogP contribution is 2.25. The lowest BCUT2D eigenvalue weighted by molar-refractivity contribution is 0.0712. The molecule has 0 aromatic heterocycles. The van der Waals surface area contributed by atoms with Crippen LogP contribution >= 0.6 is 0 Å². The van der Waals surface area contributed by atoms with Gasteiger partial charge in [0.05, 0.1) is 35.5 Å². The van der Waals surface area contributed by atoms with E-state index in [1.807, 2.05) is 0 Å². The van der Waals surface area contributed by atoms with Crippen molar-refractivity contribution in [1.82, 2.24) is 0 Å². The second-order valence-electron chi connectivity index (χ2n) is 21.6. The van der Waals surface area contributed by atoms with Crippen molar-refractivity contribution < 1.29 is 52.0 Å². The summed E-state index contributed by atoms with van der Waals surface area (Å²) in [6, 6.07) is 28.6. The third-order valence-electron chi connectivity index (χ3n) is 14.6. The quantitative estimate of drug-likeness (QED) is 0.0212. The van der Waals surface area contributed by atoms with Crippen molar-refractivity contribution >= 4 is 23.9 Å². The number of carbonyl (C=O) groups is 4. The molecule has 0 bridgehead atoms. The average Bonchev–Trinajstić information content (AvgIpc) is 3.49. The van der Waals surface area contributed by atoms with Crippen molar-refractivity contribution in [2.24, 2.45) is 0 Å². The average molecular weight is 1110 g/mol. The first-order valence-electron chi connectivity index (χ1n) is 31.1. The minimum Gasteiger partial charge on any atom is -0.494 e. The van der Waals surface area contributed by atoms with Crippen LogP contribution in [0.4, 0.5) is 4.39 Å². The van der Waals surface area contributed by atoms with E-state index >= 15 is 4.39 Å². The zero-order valence-corrected chi connectivity index (χ0v) is 49.0. The molecule has 0 aliphatic carbocycles. The fourth-order valence-corrected chi connectivity index (χ4v) is 9.70. The zero-order chi connectivity index (χ0) is 57.4. The van der Waals surface area contributed by atoms with Crippen molar-refractivity contribution in [3.63, 3.8) is 0 Å². The van der Waals surface area contributed by atoms with Gasteiger partial charge in [0.2, 0.25) is 0 Å². The molecule has 5 aromatic rings. The van der Waals surface area contributed by atoms with Gasteiger partial charge in [-0.2, -0.15) is 0 Å². The molecule has 0 atom stereocenters. The Morgan fingerprint density at radius 2 is 0.605 bits per heavy atom. The summed E-state index contributed by atoms with van der Waals surface area (Å²) in [5.74, 6) is -1.85. The Balaban J connectivity index is 0.914. The van der Waals surface area contributed by atoms with Crippen molar-refractivity contribution in [1.29, 1.82) is 0 Å². The Labute approximate surface area is 484 Å². The summed E-state index contributed by atoms with van der Waals surface area (Å²) in [5, 5.41) is 0. The molecule has 440 valence electrons. The summed E-state index contributed by atoms with van der Waals surface area (Å²) in [6.07, 6.45) is 41.7. The Kier molecular flexibility index (Phi) is 32.8. The number of rotatable bonds is 44. The Morgan fingerprint density at radius 1 is 0.296 bits per heavy atom. The van der Waals surface area contributed by atoms with Crippen molar-refractivity contribution in [2.45, 2.75) is 219 Å². The molecule has 11 heteroatoms. The zero-order valence-electron chi connectivity index (χ0n) is 49.0. The number of halogens is 1. The van der Waals surface area contributed by atoms with Gasteiger partial charge in [0.1, 0.15) is 40.3 Å². The highest BCUT2D eigenvalue weighted by atomic mass is 19.1. The van der Waals surface area contributed by atoms with E-state index in [4.69, 9.17) is 28.4 Å². The Hall–Kier alpha value is -6.49. The molecule has 0 amide bonds.